The average Bonchev–Trinajstić information content (AvgIpc) is 2.90. The summed E-state index contributed by atoms with van der Waals surface area (Å²) in [6.07, 6.45) is -0.415. The maximum atomic E-state index is 13.2. The maximum absolute atomic E-state index is 13.2. The van der Waals surface area contributed by atoms with E-state index in [-0.39, 0.29) is 18.6 Å². The van der Waals surface area contributed by atoms with Gasteiger partial charge >= 0.3 is 233 Å². The van der Waals surface area contributed by atoms with Crippen LogP contribution in [0.2, 0.25) is 0 Å². The molecule has 0 aliphatic rings. The van der Waals surface area contributed by atoms with Crippen LogP contribution in [0.3, 0.4) is 0 Å². The third-order valence-corrected chi connectivity index (χ3v) is 9.27. The number of amides is 3. The van der Waals surface area contributed by atoms with Gasteiger partial charge in [-0.1, -0.05) is 0 Å². The van der Waals surface area contributed by atoms with E-state index in [9.17, 15) is 28.4 Å². The molecule has 0 aliphatic carbocycles. The molecule has 0 heterocycles. The summed E-state index contributed by atoms with van der Waals surface area (Å²) in [7, 11) is 2.66. The summed E-state index contributed by atoms with van der Waals surface area (Å²) in [4.78, 5) is 59.6. The van der Waals surface area contributed by atoms with Gasteiger partial charge in [-0.25, -0.2) is 0 Å². The van der Waals surface area contributed by atoms with Crippen LogP contribution in [-0.4, -0.2) is 85.2 Å². The molecule has 39 heavy (non-hydrogen) atoms. The first-order chi connectivity index (χ1) is 18.5. The Labute approximate surface area is 232 Å². The van der Waals surface area contributed by atoms with Crippen molar-refractivity contribution in [2.45, 2.75) is 24.9 Å². The van der Waals surface area contributed by atoms with E-state index in [1.54, 1.807) is 18.2 Å². The van der Waals surface area contributed by atoms with Gasteiger partial charge in [0.2, 0.25) is 0 Å². The summed E-state index contributed by atoms with van der Waals surface area (Å²) in [6.45, 7) is -0.662. The van der Waals surface area contributed by atoms with Crippen LogP contribution in [0.15, 0.2) is 42.5 Å². The summed E-state index contributed by atoms with van der Waals surface area (Å²) in [5.74, 6) is -4.40. The number of methoxy groups -OCH3 is 1. The van der Waals surface area contributed by atoms with Crippen molar-refractivity contribution in [2.24, 2.45) is 5.73 Å². The molecule has 2 unspecified atom stereocenters. The number of carbonyl (C=O) groups excluding carboxylic acids is 3. The number of halogens is 1. The zero-order valence-corrected chi connectivity index (χ0v) is 23.2. The predicted octanol–water partition coefficient (Wildman–Crippen LogP) is -0.0580. The molecular weight excluding hydrogens is 602 g/mol. The molecule has 0 saturated heterocycles. The summed E-state index contributed by atoms with van der Waals surface area (Å²) in [5, 5.41) is 25.1. The van der Waals surface area contributed by atoms with E-state index in [0.717, 1.165) is 0 Å². The molecule has 0 aromatic heterocycles. The van der Waals surface area contributed by atoms with Crippen LogP contribution in [0, 0.1) is 5.82 Å². The molecule has 0 aliphatic heterocycles. The Morgan fingerprint density at radius 1 is 1.10 bits per heavy atom. The van der Waals surface area contributed by atoms with Crippen LogP contribution in [0.4, 0.5) is 10.1 Å². The summed E-state index contributed by atoms with van der Waals surface area (Å²) in [5.41, 5.74) is 6.10. The molecule has 0 bridgehead atoms. The molecule has 2 aromatic carbocycles. The molecule has 2 rings (SSSR count). The molecule has 2 aromatic rings. The number of hydrogen-bond acceptors (Lipinski definition) is 8. The number of carbonyl (C=O) groups is 5. The third kappa shape index (κ3) is 10.6. The minimum absolute atomic E-state index is 0.0131. The Balaban J connectivity index is 2.13. The average molecular weight is 630 g/mol. The van der Waals surface area contributed by atoms with E-state index < -0.39 is 67.9 Å². The van der Waals surface area contributed by atoms with Crippen LogP contribution < -0.4 is 30.9 Å². The number of hydrogen-bond donors (Lipinski definition) is 6. The Bertz CT molecular complexity index is 1200. The molecule has 0 saturated carbocycles. The van der Waals surface area contributed by atoms with Crippen LogP contribution >= 0.6 is 10.2 Å². The minimum atomic E-state index is -1.27. The quantitative estimate of drug-likeness (QED) is 0.145. The molecule has 0 fully saturated rings. The van der Waals surface area contributed by atoms with Crippen molar-refractivity contribution in [3.8, 4) is 5.75 Å². The van der Waals surface area contributed by atoms with Crippen molar-refractivity contribution in [1.82, 2.24) is 10.6 Å². The number of benzene rings is 2. The monoisotopic (exact) mass is 630 g/mol. The number of nitrogens with one attached hydrogen (secondary N) is 3. The van der Waals surface area contributed by atoms with E-state index in [0.29, 0.717) is 21.5 Å². The molecule has 0 spiro atoms. The van der Waals surface area contributed by atoms with Crippen LogP contribution in [0.5, 0.6) is 5.75 Å². The Hall–Kier alpha value is -3.65. The third-order valence-electron chi connectivity index (χ3n) is 4.99. The number of rotatable bonds is 15. The molecule has 7 N–H and O–H groups in total. The standard InChI is InChI=1S/C24H27FN4O8SSe/c1-37-18-4-2-3-15(22(33)28-14-7-5-13(25)6-8-14)21(18)39-38-12-17(23(34)27-11-20(31)32)29-19(30)10-9-16(26)24(35)36/h2-8,16-17H,9-12,26H2,1H3,(H,27,34)(H,28,33)(H,29,30)(H,31,32)(H,35,36). The van der Waals surface area contributed by atoms with Gasteiger partial charge in [0.1, 0.15) is 0 Å². The predicted molar refractivity (Wildman–Crippen MR) is 143 cm³/mol. The zero-order chi connectivity index (χ0) is 28.9. The van der Waals surface area contributed by atoms with Gasteiger partial charge in [0, 0.05) is 0 Å². The van der Waals surface area contributed by atoms with Crippen molar-refractivity contribution in [3.05, 3.63) is 53.8 Å². The SMILES string of the molecule is COc1cccc(C(=O)Nc2ccc(F)cc2)c1[Se]SCC(NC(=O)CCC(N)C(=O)O)C(=O)NCC(=O)O. The van der Waals surface area contributed by atoms with Crippen molar-refractivity contribution in [1.29, 1.82) is 0 Å². The number of carboxylic acid groups (broad SMARTS) is 2. The Morgan fingerprint density at radius 3 is 2.41 bits per heavy atom. The van der Waals surface area contributed by atoms with Gasteiger partial charge in [-0.05, 0) is 0 Å². The van der Waals surface area contributed by atoms with Gasteiger partial charge in [-0.15, -0.1) is 0 Å². The normalized spacial score (nSPS) is 12.1. The number of ether oxygens (including phenoxy) is 1. The van der Waals surface area contributed by atoms with E-state index in [4.69, 9.17) is 20.7 Å². The Morgan fingerprint density at radius 2 is 1.79 bits per heavy atom. The van der Waals surface area contributed by atoms with Crippen LogP contribution in [0.25, 0.3) is 0 Å². The zero-order valence-electron chi connectivity index (χ0n) is 20.6. The summed E-state index contributed by atoms with van der Waals surface area (Å²) in [6, 6.07) is 7.74. The second kappa shape index (κ2) is 15.7. The number of carboxylic acids is 2. The van der Waals surface area contributed by atoms with Crippen LogP contribution in [-0.2, 0) is 19.2 Å². The molecular formula is C24H27FN4O8SSe. The molecule has 3 amide bonds. The second-order valence-corrected chi connectivity index (χ2v) is 12.0. The van der Waals surface area contributed by atoms with Crippen molar-refractivity contribution in [3.63, 3.8) is 0 Å². The Kier molecular flexibility index (Phi) is 12.7. The van der Waals surface area contributed by atoms with Crippen molar-refractivity contribution in [2.75, 3.05) is 24.7 Å². The molecule has 2 atom stereocenters. The number of anilines is 1. The number of aliphatic carboxylic acids is 2. The first kappa shape index (κ1) is 31.6. The number of nitrogens with two attached hydrogens (primary N) is 1. The first-order valence-corrected chi connectivity index (χ1v) is 15.2. The topological polar surface area (TPSA) is 197 Å². The second-order valence-electron chi connectivity index (χ2n) is 7.88. The summed E-state index contributed by atoms with van der Waals surface area (Å²) < 4.78 is 19.2. The summed E-state index contributed by atoms with van der Waals surface area (Å²) >= 11 is -0.524. The van der Waals surface area contributed by atoms with Gasteiger partial charge in [0.05, 0.1) is 0 Å². The first-order valence-electron chi connectivity index (χ1n) is 11.3. The fourth-order valence-electron chi connectivity index (χ4n) is 2.98. The van der Waals surface area contributed by atoms with Gasteiger partial charge in [-0.2, -0.15) is 0 Å². The molecule has 12 nitrogen and oxygen atoms in total. The van der Waals surface area contributed by atoms with E-state index >= 15 is 0 Å². The molecule has 0 radical (unpaired) electrons. The fourth-order valence-corrected chi connectivity index (χ4v) is 7.47. The van der Waals surface area contributed by atoms with Gasteiger partial charge in [0.25, 0.3) is 0 Å². The van der Waals surface area contributed by atoms with Crippen LogP contribution in [0.1, 0.15) is 23.2 Å². The molecule has 15 heteroatoms. The van der Waals surface area contributed by atoms with E-state index in [2.05, 4.69) is 16.0 Å². The van der Waals surface area contributed by atoms with Gasteiger partial charge in [-0.3, -0.25) is 0 Å². The van der Waals surface area contributed by atoms with E-state index in [1.807, 2.05) is 0 Å². The van der Waals surface area contributed by atoms with Crippen molar-refractivity contribution >= 4 is 63.8 Å². The fraction of sp³-hybridized carbons (Fsp3) is 0.292. The van der Waals surface area contributed by atoms with Crippen molar-refractivity contribution < 1.29 is 43.3 Å². The van der Waals surface area contributed by atoms with Gasteiger partial charge in [0.15, 0.2) is 0 Å². The van der Waals surface area contributed by atoms with E-state index in [1.165, 1.54) is 41.6 Å². The molecule has 210 valence electrons. The van der Waals surface area contributed by atoms with Gasteiger partial charge < -0.3 is 0 Å².